The zero-order valence-corrected chi connectivity index (χ0v) is 8.44. The number of hydrogen-bond donors (Lipinski definition) is 1. The second-order valence-corrected chi connectivity index (χ2v) is 3.60. The summed E-state index contributed by atoms with van der Waals surface area (Å²) < 4.78 is 5.32. The number of ketones is 1. The maximum atomic E-state index is 11.0. The molecule has 0 radical (unpaired) electrons. The minimum Gasteiger partial charge on any atom is -0.379 e. The van der Waals surface area contributed by atoms with Gasteiger partial charge in [-0.3, -0.25) is 4.79 Å². The quantitative estimate of drug-likeness (QED) is 0.605. The van der Waals surface area contributed by atoms with Crippen LogP contribution < -0.4 is 5.32 Å². The molecule has 0 rings (SSSR count). The number of carbonyl (C=O) groups excluding carboxylic acids is 1. The molecular weight excluding hydrogens is 154 g/mol. The largest absolute Gasteiger partial charge is 0.379 e. The molecule has 0 amide bonds. The molecule has 0 aliphatic heterocycles. The summed E-state index contributed by atoms with van der Waals surface area (Å²) in [6, 6.07) is 0. The highest BCUT2D eigenvalue weighted by molar-refractivity contribution is 5.81. The Morgan fingerprint density at radius 2 is 2.08 bits per heavy atom. The van der Waals surface area contributed by atoms with Crippen molar-refractivity contribution in [1.29, 1.82) is 0 Å². The predicted octanol–water partition coefficient (Wildman–Crippen LogP) is 0.838. The van der Waals surface area contributed by atoms with E-state index in [-0.39, 0.29) is 11.2 Å². The number of carbonyl (C=O) groups is 1. The van der Waals surface area contributed by atoms with E-state index < -0.39 is 0 Å². The summed E-state index contributed by atoms with van der Waals surface area (Å²) in [6.45, 7) is 7.38. The van der Waals surface area contributed by atoms with Crippen molar-refractivity contribution in [2.75, 3.05) is 26.8 Å². The number of rotatable bonds is 6. The van der Waals surface area contributed by atoms with Crippen molar-refractivity contribution >= 4 is 5.78 Å². The molecule has 0 heterocycles. The lowest BCUT2D eigenvalue weighted by Gasteiger charge is -2.20. The molecule has 0 aromatic carbocycles. The van der Waals surface area contributed by atoms with E-state index in [4.69, 9.17) is 4.74 Å². The van der Waals surface area contributed by atoms with Crippen LogP contribution in [0.25, 0.3) is 0 Å². The van der Waals surface area contributed by atoms with E-state index in [1.807, 2.05) is 20.9 Å². The molecule has 0 fully saturated rings. The van der Waals surface area contributed by atoms with Gasteiger partial charge in [-0.2, -0.15) is 0 Å². The zero-order valence-electron chi connectivity index (χ0n) is 8.44. The van der Waals surface area contributed by atoms with Crippen LogP contribution in [0.2, 0.25) is 0 Å². The van der Waals surface area contributed by atoms with Crippen LogP contribution in [-0.4, -0.2) is 32.6 Å². The Kier molecular flexibility index (Phi) is 5.09. The Morgan fingerprint density at radius 1 is 1.50 bits per heavy atom. The van der Waals surface area contributed by atoms with Crippen molar-refractivity contribution in [2.45, 2.75) is 20.8 Å². The van der Waals surface area contributed by atoms with E-state index in [9.17, 15) is 4.79 Å². The fraction of sp³-hybridized carbons (Fsp3) is 0.889. The lowest BCUT2D eigenvalue weighted by atomic mass is 9.90. The molecule has 3 heteroatoms. The van der Waals surface area contributed by atoms with Crippen molar-refractivity contribution in [3.8, 4) is 0 Å². The van der Waals surface area contributed by atoms with Crippen LogP contribution in [0.3, 0.4) is 0 Å². The summed E-state index contributed by atoms with van der Waals surface area (Å²) in [6.07, 6.45) is 0. The molecule has 72 valence electrons. The summed E-state index contributed by atoms with van der Waals surface area (Å²) in [5.41, 5.74) is -0.340. The van der Waals surface area contributed by atoms with E-state index >= 15 is 0 Å². The average Bonchev–Trinajstić information content (AvgIpc) is 1.98. The molecule has 0 bridgehead atoms. The first kappa shape index (κ1) is 11.6. The minimum absolute atomic E-state index is 0.173. The van der Waals surface area contributed by atoms with E-state index in [2.05, 4.69) is 5.32 Å². The highest BCUT2D eigenvalue weighted by Crippen LogP contribution is 2.15. The Hall–Kier alpha value is -0.410. The third-order valence-corrected chi connectivity index (χ3v) is 1.91. The SMILES string of the molecule is CNCCOCC(C)(C)C(C)=O. The zero-order chi connectivity index (χ0) is 9.61. The third kappa shape index (κ3) is 4.46. The van der Waals surface area contributed by atoms with Gasteiger partial charge in [0.25, 0.3) is 0 Å². The van der Waals surface area contributed by atoms with Crippen molar-refractivity contribution in [1.82, 2.24) is 5.32 Å². The molecule has 0 atom stereocenters. The smallest absolute Gasteiger partial charge is 0.137 e. The minimum atomic E-state index is -0.340. The van der Waals surface area contributed by atoms with E-state index in [0.717, 1.165) is 6.54 Å². The molecule has 0 aliphatic carbocycles. The molecule has 0 spiro atoms. The molecule has 0 aliphatic rings. The van der Waals surface area contributed by atoms with Crippen LogP contribution in [0.4, 0.5) is 0 Å². The number of likely N-dealkylation sites (N-methyl/N-ethyl adjacent to an activating group) is 1. The van der Waals surface area contributed by atoms with Crippen LogP contribution >= 0.6 is 0 Å². The van der Waals surface area contributed by atoms with Gasteiger partial charge in [0.15, 0.2) is 0 Å². The van der Waals surface area contributed by atoms with Gasteiger partial charge >= 0.3 is 0 Å². The number of Topliss-reactive ketones (excluding diaryl/α,β-unsaturated/α-hetero) is 1. The normalized spacial score (nSPS) is 11.7. The van der Waals surface area contributed by atoms with Gasteiger partial charge in [-0.15, -0.1) is 0 Å². The van der Waals surface area contributed by atoms with Crippen molar-refractivity contribution in [3.63, 3.8) is 0 Å². The van der Waals surface area contributed by atoms with Gasteiger partial charge in [0, 0.05) is 12.0 Å². The lowest BCUT2D eigenvalue weighted by Crippen LogP contribution is -2.29. The van der Waals surface area contributed by atoms with E-state index in [0.29, 0.717) is 13.2 Å². The second-order valence-electron chi connectivity index (χ2n) is 3.60. The molecule has 0 saturated heterocycles. The first-order chi connectivity index (χ1) is 5.50. The van der Waals surface area contributed by atoms with Crippen LogP contribution in [-0.2, 0) is 9.53 Å². The number of ether oxygens (including phenoxy) is 1. The van der Waals surface area contributed by atoms with E-state index in [1.165, 1.54) is 0 Å². The highest BCUT2D eigenvalue weighted by atomic mass is 16.5. The molecular formula is C9H19NO2. The summed E-state index contributed by atoms with van der Waals surface area (Å²) in [7, 11) is 1.87. The summed E-state index contributed by atoms with van der Waals surface area (Å²) in [4.78, 5) is 11.0. The van der Waals surface area contributed by atoms with Crippen LogP contribution in [0.1, 0.15) is 20.8 Å². The maximum Gasteiger partial charge on any atom is 0.137 e. The molecule has 12 heavy (non-hydrogen) atoms. The first-order valence-electron chi connectivity index (χ1n) is 4.24. The van der Waals surface area contributed by atoms with Crippen LogP contribution in [0, 0.1) is 5.41 Å². The van der Waals surface area contributed by atoms with Crippen molar-refractivity contribution < 1.29 is 9.53 Å². The lowest BCUT2D eigenvalue weighted by molar-refractivity contribution is -0.127. The monoisotopic (exact) mass is 173 g/mol. The van der Waals surface area contributed by atoms with Gasteiger partial charge in [0.2, 0.25) is 0 Å². The molecule has 3 nitrogen and oxygen atoms in total. The van der Waals surface area contributed by atoms with Gasteiger partial charge in [-0.25, -0.2) is 0 Å². The van der Waals surface area contributed by atoms with Gasteiger partial charge in [-0.1, -0.05) is 13.8 Å². The molecule has 0 aromatic heterocycles. The second kappa shape index (κ2) is 5.27. The van der Waals surface area contributed by atoms with Gasteiger partial charge in [0.1, 0.15) is 5.78 Å². The Morgan fingerprint density at radius 3 is 2.50 bits per heavy atom. The molecule has 1 N–H and O–H groups in total. The van der Waals surface area contributed by atoms with Crippen molar-refractivity contribution in [3.05, 3.63) is 0 Å². The summed E-state index contributed by atoms with van der Waals surface area (Å²) >= 11 is 0. The Balaban J connectivity index is 3.54. The van der Waals surface area contributed by atoms with Gasteiger partial charge < -0.3 is 10.1 Å². The average molecular weight is 173 g/mol. The Bertz CT molecular complexity index is 143. The standard InChI is InChI=1S/C9H19NO2/c1-8(11)9(2,3)7-12-6-5-10-4/h10H,5-7H2,1-4H3. The van der Waals surface area contributed by atoms with E-state index in [1.54, 1.807) is 6.92 Å². The van der Waals surface area contributed by atoms with Crippen LogP contribution in [0.5, 0.6) is 0 Å². The van der Waals surface area contributed by atoms with Gasteiger partial charge in [0.05, 0.1) is 13.2 Å². The molecule has 0 unspecified atom stereocenters. The molecule has 0 aromatic rings. The summed E-state index contributed by atoms with van der Waals surface area (Å²) in [5.74, 6) is 0.173. The first-order valence-corrected chi connectivity index (χ1v) is 4.24. The van der Waals surface area contributed by atoms with Gasteiger partial charge in [-0.05, 0) is 14.0 Å². The topological polar surface area (TPSA) is 38.3 Å². The molecule has 0 saturated carbocycles. The predicted molar refractivity (Wildman–Crippen MR) is 49.2 cm³/mol. The summed E-state index contributed by atoms with van der Waals surface area (Å²) in [5, 5.41) is 2.97. The van der Waals surface area contributed by atoms with Crippen LogP contribution in [0.15, 0.2) is 0 Å². The maximum absolute atomic E-state index is 11.0. The fourth-order valence-corrected chi connectivity index (χ4v) is 0.603. The highest BCUT2D eigenvalue weighted by Gasteiger charge is 2.23. The third-order valence-electron chi connectivity index (χ3n) is 1.91. The Labute approximate surface area is 74.5 Å². The number of nitrogens with one attached hydrogen (secondary N) is 1. The number of hydrogen-bond acceptors (Lipinski definition) is 3. The fourth-order valence-electron chi connectivity index (χ4n) is 0.603. The van der Waals surface area contributed by atoms with Crippen molar-refractivity contribution in [2.24, 2.45) is 5.41 Å².